The fourth-order valence-electron chi connectivity index (χ4n) is 4.71. The van der Waals surface area contributed by atoms with Gasteiger partial charge in [0.1, 0.15) is 0 Å². The zero-order chi connectivity index (χ0) is 16.7. The summed E-state index contributed by atoms with van der Waals surface area (Å²) < 4.78 is 5.22. The van der Waals surface area contributed by atoms with Crippen molar-refractivity contribution in [3.05, 3.63) is 23.8 Å². The maximum absolute atomic E-state index is 12.1. The van der Waals surface area contributed by atoms with Gasteiger partial charge in [-0.15, -0.1) is 0 Å². The molecule has 1 fully saturated rings. The smallest absolute Gasteiger partial charge is 0.409 e. The Morgan fingerprint density at radius 1 is 1.25 bits per heavy atom. The second-order valence-corrected chi connectivity index (χ2v) is 7.00. The second kappa shape index (κ2) is 6.19. The first-order valence-electron chi connectivity index (χ1n) is 9.30. The molecule has 2 atom stereocenters. The number of likely N-dealkylation sites (tertiary alicyclic amines) is 1. The number of benzene rings is 1. The molecule has 0 N–H and O–H groups in total. The van der Waals surface area contributed by atoms with Crippen LogP contribution in [0.15, 0.2) is 18.2 Å². The molecule has 0 radical (unpaired) electrons. The van der Waals surface area contributed by atoms with Crippen LogP contribution in [0, 0.1) is 0 Å². The molecular formula is C19H27N3O2. The summed E-state index contributed by atoms with van der Waals surface area (Å²) in [5.74, 6) is 0.416. The number of fused-ring (bicyclic) bond motifs is 3. The van der Waals surface area contributed by atoms with Crippen molar-refractivity contribution in [2.45, 2.75) is 38.6 Å². The van der Waals surface area contributed by atoms with E-state index in [2.05, 4.69) is 34.9 Å². The number of ether oxygens (including phenoxy) is 1. The first kappa shape index (κ1) is 15.6. The molecule has 5 nitrogen and oxygen atoms in total. The van der Waals surface area contributed by atoms with Gasteiger partial charge in [-0.05, 0) is 31.4 Å². The normalized spacial score (nSPS) is 24.7. The zero-order valence-corrected chi connectivity index (χ0v) is 14.7. The van der Waals surface area contributed by atoms with E-state index in [9.17, 15) is 4.79 Å². The minimum atomic E-state index is -0.158. The van der Waals surface area contributed by atoms with E-state index in [-0.39, 0.29) is 6.09 Å². The van der Waals surface area contributed by atoms with Gasteiger partial charge in [0.05, 0.1) is 18.0 Å². The van der Waals surface area contributed by atoms with E-state index in [4.69, 9.17) is 4.74 Å². The van der Waals surface area contributed by atoms with Crippen LogP contribution < -0.4 is 9.80 Å². The van der Waals surface area contributed by atoms with Crippen molar-refractivity contribution < 1.29 is 9.53 Å². The monoisotopic (exact) mass is 329 g/mol. The lowest BCUT2D eigenvalue weighted by Gasteiger charge is -2.42. The van der Waals surface area contributed by atoms with E-state index < -0.39 is 0 Å². The highest BCUT2D eigenvalue weighted by Crippen LogP contribution is 2.50. The maximum atomic E-state index is 12.1. The first-order valence-corrected chi connectivity index (χ1v) is 9.30. The summed E-state index contributed by atoms with van der Waals surface area (Å²) in [7, 11) is 0. The van der Waals surface area contributed by atoms with Gasteiger partial charge in [0, 0.05) is 44.7 Å². The zero-order valence-electron chi connectivity index (χ0n) is 14.7. The van der Waals surface area contributed by atoms with Crippen LogP contribution in [0.4, 0.5) is 16.2 Å². The lowest BCUT2D eigenvalue weighted by molar-refractivity contribution is 0.0934. The molecule has 1 aromatic rings. The molecule has 3 aliphatic heterocycles. The topological polar surface area (TPSA) is 36.0 Å². The predicted octanol–water partition coefficient (Wildman–Crippen LogP) is 3.05. The number of anilines is 2. The van der Waals surface area contributed by atoms with E-state index in [0.29, 0.717) is 18.6 Å². The van der Waals surface area contributed by atoms with Crippen molar-refractivity contribution in [3.8, 4) is 0 Å². The molecule has 0 bridgehead atoms. The molecule has 24 heavy (non-hydrogen) atoms. The van der Waals surface area contributed by atoms with E-state index in [0.717, 1.165) is 39.1 Å². The summed E-state index contributed by atoms with van der Waals surface area (Å²) in [5.41, 5.74) is 4.24. The minimum Gasteiger partial charge on any atom is -0.450 e. The summed E-state index contributed by atoms with van der Waals surface area (Å²) >= 11 is 0. The Labute approximate surface area is 144 Å². The third kappa shape index (κ3) is 2.33. The van der Waals surface area contributed by atoms with Crippen molar-refractivity contribution in [1.29, 1.82) is 0 Å². The minimum absolute atomic E-state index is 0.158. The number of carbonyl (C=O) groups excluding carboxylic acids is 1. The number of piperidine rings is 1. The van der Waals surface area contributed by atoms with Crippen LogP contribution in [0.2, 0.25) is 0 Å². The van der Waals surface area contributed by atoms with Crippen molar-refractivity contribution in [2.24, 2.45) is 0 Å². The Balaban J connectivity index is 1.64. The Kier molecular flexibility index (Phi) is 4.02. The number of carbonyl (C=O) groups is 1. The third-order valence-electron chi connectivity index (χ3n) is 5.68. The summed E-state index contributed by atoms with van der Waals surface area (Å²) in [6.45, 7) is 9.47. The maximum Gasteiger partial charge on any atom is 0.409 e. The number of amides is 1. The van der Waals surface area contributed by atoms with Crippen LogP contribution in [-0.2, 0) is 4.74 Å². The van der Waals surface area contributed by atoms with Gasteiger partial charge in [0.2, 0.25) is 0 Å². The van der Waals surface area contributed by atoms with Crippen LogP contribution in [0.1, 0.15) is 38.2 Å². The number of para-hydroxylation sites is 1. The predicted molar refractivity (Wildman–Crippen MR) is 96.0 cm³/mol. The highest BCUT2D eigenvalue weighted by Gasteiger charge is 2.45. The lowest BCUT2D eigenvalue weighted by atomic mass is 9.89. The molecule has 0 aliphatic carbocycles. The summed E-state index contributed by atoms with van der Waals surface area (Å²) in [6, 6.07) is 7.25. The van der Waals surface area contributed by atoms with Crippen molar-refractivity contribution in [2.75, 3.05) is 49.1 Å². The highest BCUT2D eigenvalue weighted by molar-refractivity contribution is 5.81. The van der Waals surface area contributed by atoms with E-state index >= 15 is 0 Å². The fourth-order valence-corrected chi connectivity index (χ4v) is 4.71. The Morgan fingerprint density at radius 2 is 2.12 bits per heavy atom. The second-order valence-electron chi connectivity index (χ2n) is 7.00. The molecule has 1 aromatic carbocycles. The third-order valence-corrected chi connectivity index (χ3v) is 5.68. The van der Waals surface area contributed by atoms with Crippen LogP contribution >= 0.6 is 0 Å². The molecule has 2 unspecified atom stereocenters. The fraction of sp³-hybridized carbons (Fsp3) is 0.632. The number of rotatable bonds is 3. The number of hydrogen-bond donors (Lipinski definition) is 0. The molecule has 3 aliphatic rings. The van der Waals surface area contributed by atoms with Gasteiger partial charge in [0.15, 0.2) is 0 Å². The van der Waals surface area contributed by atoms with Gasteiger partial charge in [-0.1, -0.05) is 19.1 Å². The molecule has 0 saturated carbocycles. The largest absolute Gasteiger partial charge is 0.450 e. The Morgan fingerprint density at radius 3 is 2.92 bits per heavy atom. The van der Waals surface area contributed by atoms with Gasteiger partial charge < -0.3 is 19.4 Å². The SMILES string of the molecule is CCCN1CCN2c3c(cccc31)C1CN(C(=O)OCC)CCC12. The average molecular weight is 329 g/mol. The summed E-state index contributed by atoms with van der Waals surface area (Å²) in [5, 5.41) is 0. The van der Waals surface area contributed by atoms with Crippen molar-refractivity contribution in [1.82, 2.24) is 4.90 Å². The molecule has 0 spiro atoms. The molecule has 130 valence electrons. The first-order chi connectivity index (χ1) is 11.7. The standard InChI is InChI=1S/C19H27N3O2/c1-3-9-20-11-12-22-16-8-10-21(19(23)24-4-2)13-15(16)14-6-5-7-17(20)18(14)22/h5-7,15-16H,3-4,8-13H2,1-2H3. The van der Waals surface area contributed by atoms with E-state index in [1.807, 2.05) is 11.8 Å². The van der Waals surface area contributed by atoms with Crippen LogP contribution in [-0.4, -0.2) is 56.4 Å². The van der Waals surface area contributed by atoms with Gasteiger partial charge >= 0.3 is 6.09 Å². The summed E-state index contributed by atoms with van der Waals surface area (Å²) in [4.78, 5) is 19.2. The summed E-state index contributed by atoms with van der Waals surface area (Å²) in [6.07, 6.45) is 2.05. The van der Waals surface area contributed by atoms with Crippen LogP contribution in [0.3, 0.4) is 0 Å². The molecule has 5 heteroatoms. The molecule has 1 saturated heterocycles. The highest BCUT2D eigenvalue weighted by atomic mass is 16.6. The molecule has 0 aromatic heterocycles. The molecule has 3 heterocycles. The molecule has 1 amide bonds. The van der Waals surface area contributed by atoms with Gasteiger partial charge in [-0.2, -0.15) is 0 Å². The number of hydrogen-bond acceptors (Lipinski definition) is 4. The Bertz CT molecular complexity index is 633. The molecule has 4 rings (SSSR count). The van der Waals surface area contributed by atoms with Gasteiger partial charge in [-0.25, -0.2) is 4.79 Å². The van der Waals surface area contributed by atoms with Gasteiger partial charge in [0.25, 0.3) is 0 Å². The van der Waals surface area contributed by atoms with E-state index in [1.54, 1.807) is 0 Å². The van der Waals surface area contributed by atoms with Crippen molar-refractivity contribution >= 4 is 17.5 Å². The number of nitrogens with zero attached hydrogens (tertiary/aromatic N) is 3. The van der Waals surface area contributed by atoms with Gasteiger partial charge in [-0.3, -0.25) is 0 Å². The van der Waals surface area contributed by atoms with Crippen molar-refractivity contribution in [3.63, 3.8) is 0 Å². The van der Waals surface area contributed by atoms with E-state index in [1.165, 1.54) is 23.4 Å². The lowest BCUT2D eigenvalue weighted by Crippen LogP contribution is -2.51. The quantitative estimate of drug-likeness (QED) is 0.854. The Hall–Kier alpha value is -1.91. The molecular weight excluding hydrogens is 302 g/mol. The van der Waals surface area contributed by atoms with Crippen LogP contribution in [0.25, 0.3) is 0 Å². The average Bonchev–Trinajstić information content (AvgIpc) is 2.93. The van der Waals surface area contributed by atoms with Crippen LogP contribution in [0.5, 0.6) is 0 Å².